The fourth-order valence-corrected chi connectivity index (χ4v) is 2.75. The van der Waals surface area contributed by atoms with Crippen molar-refractivity contribution < 1.29 is 4.42 Å². The molecule has 0 amide bonds. The lowest BCUT2D eigenvalue weighted by molar-refractivity contribution is 0.573. The number of para-hydroxylation sites is 1. The number of hydrogen-bond donors (Lipinski definition) is 1. The van der Waals surface area contributed by atoms with Crippen LogP contribution in [-0.4, -0.2) is 0 Å². The maximum absolute atomic E-state index is 9.20. The number of fused-ring (bicyclic) bond motifs is 1. The van der Waals surface area contributed by atoms with Crippen molar-refractivity contribution in [3.8, 4) is 6.07 Å². The van der Waals surface area contributed by atoms with Crippen molar-refractivity contribution in [3.05, 3.63) is 63.8 Å². The van der Waals surface area contributed by atoms with E-state index < -0.39 is 0 Å². The Labute approximate surface area is 131 Å². The third-order valence-corrected chi connectivity index (χ3v) is 3.95. The van der Waals surface area contributed by atoms with E-state index in [1.54, 1.807) is 0 Å². The minimum Gasteiger partial charge on any atom is -0.461 e. The van der Waals surface area contributed by atoms with Gasteiger partial charge in [-0.15, -0.1) is 0 Å². The van der Waals surface area contributed by atoms with Crippen LogP contribution in [0.1, 0.15) is 16.9 Å². The zero-order valence-electron chi connectivity index (χ0n) is 11.5. The summed E-state index contributed by atoms with van der Waals surface area (Å²) >= 11 is 3.38. The van der Waals surface area contributed by atoms with E-state index in [1.807, 2.05) is 43.3 Å². The van der Waals surface area contributed by atoms with Crippen molar-refractivity contribution in [1.29, 1.82) is 5.26 Å². The molecule has 3 rings (SSSR count). The number of halogens is 1. The lowest BCUT2D eigenvalue weighted by atomic mass is 10.1. The minimum atomic E-state index is 0.620. The third-order valence-electron chi connectivity index (χ3n) is 3.46. The first kappa shape index (κ1) is 13.7. The molecule has 4 heteroatoms. The Morgan fingerprint density at radius 3 is 2.86 bits per heavy atom. The van der Waals surface area contributed by atoms with Gasteiger partial charge in [0.25, 0.3) is 0 Å². The van der Waals surface area contributed by atoms with Crippen molar-refractivity contribution in [1.82, 2.24) is 0 Å². The van der Waals surface area contributed by atoms with Crippen LogP contribution in [0.5, 0.6) is 0 Å². The molecule has 0 fully saturated rings. The summed E-state index contributed by atoms with van der Waals surface area (Å²) in [6.07, 6.45) is 0. The van der Waals surface area contributed by atoms with Gasteiger partial charge >= 0.3 is 0 Å². The number of rotatable bonds is 3. The number of nitrogens with one attached hydrogen (secondary N) is 1. The van der Waals surface area contributed by atoms with Crippen LogP contribution in [0.25, 0.3) is 11.0 Å². The van der Waals surface area contributed by atoms with Gasteiger partial charge in [-0.1, -0.05) is 34.1 Å². The van der Waals surface area contributed by atoms with Crippen molar-refractivity contribution in [2.24, 2.45) is 0 Å². The van der Waals surface area contributed by atoms with Crippen LogP contribution < -0.4 is 5.32 Å². The molecular formula is C17H13BrN2O. The Kier molecular flexibility index (Phi) is 3.68. The lowest BCUT2D eigenvalue weighted by Gasteiger charge is -2.08. The number of nitrogens with zero attached hydrogens (tertiary/aromatic N) is 1. The maximum atomic E-state index is 9.20. The molecule has 3 nitrogen and oxygen atoms in total. The van der Waals surface area contributed by atoms with Gasteiger partial charge in [0.2, 0.25) is 0 Å². The summed E-state index contributed by atoms with van der Waals surface area (Å²) in [5.41, 5.74) is 3.46. The predicted molar refractivity (Wildman–Crippen MR) is 87.1 cm³/mol. The minimum absolute atomic E-state index is 0.620. The molecule has 0 radical (unpaired) electrons. The zero-order chi connectivity index (χ0) is 14.8. The van der Waals surface area contributed by atoms with Gasteiger partial charge in [-0.25, -0.2) is 0 Å². The second-order valence-electron chi connectivity index (χ2n) is 4.79. The number of benzene rings is 2. The molecular weight excluding hydrogens is 328 g/mol. The topological polar surface area (TPSA) is 49.0 Å². The molecule has 0 saturated heterocycles. The van der Waals surface area contributed by atoms with E-state index in [0.29, 0.717) is 12.1 Å². The van der Waals surface area contributed by atoms with Gasteiger partial charge in [0.1, 0.15) is 17.4 Å². The average molecular weight is 341 g/mol. The molecule has 21 heavy (non-hydrogen) atoms. The molecule has 3 aromatic rings. The van der Waals surface area contributed by atoms with Crippen LogP contribution in [-0.2, 0) is 6.54 Å². The Morgan fingerprint density at radius 1 is 1.24 bits per heavy atom. The monoisotopic (exact) mass is 340 g/mol. The second-order valence-corrected chi connectivity index (χ2v) is 5.70. The summed E-state index contributed by atoms with van der Waals surface area (Å²) in [5.74, 6) is 0.902. The molecule has 0 aliphatic carbocycles. The van der Waals surface area contributed by atoms with Crippen molar-refractivity contribution >= 4 is 32.6 Å². The number of nitriles is 1. The molecule has 2 aromatic carbocycles. The molecule has 0 bridgehead atoms. The molecule has 0 aliphatic heterocycles. The van der Waals surface area contributed by atoms with Crippen LogP contribution >= 0.6 is 15.9 Å². The van der Waals surface area contributed by atoms with Crippen LogP contribution in [0.2, 0.25) is 0 Å². The lowest BCUT2D eigenvalue weighted by Crippen LogP contribution is -2.01. The van der Waals surface area contributed by atoms with Crippen molar-refractivity contribution in [2.45, 2.75) is 13.5 Å². The molecule has 0 saturated carbocycles. The Balaban J connectivity index is 1.91. The molecule has 0 aliphatic rings. The third kappa shape index (κ3) is 2.65. The highest BCUT2D eigenvalue weighted by Crippen LogP contribution is 2.27. The first-order chi connectivity index (χ1) is 10.2. The van der Waals surface area contributed by atoms with Crippen LogP contribution in [0.15, 0.2) is 51.4 Å². The van der Waals surface area contributed by atoms with Gasteiger partial charge in [-0.2, -0.15) is 5.26 Å². The van der Waals surface area contributed by atoms with E-state index in [4.69, 9.17) is 4.42 Å². The van der Waals surface area contributed by atoms with Gasteiger partial charge in [0, 0.05) is 22.0 Å². The maximum Gasteiger partial charge on any atom is 0.134 e. The average Bonchev–Trinajstić information content (AvgIpc) is 2.81. The van der Waals surface area contributed by atoms with Crippen LogP contribution in [0, 0.1) is 18.3 Å². The van der Waals surface area contributed by atoms with E-state index in [9.17, 15) is 5.26 Å². The molecule has 0 spiro atoms. The SMILES string of the molecule is Cc1oc2ccccc2c1CNc1ccc(Br)cc1C#N. The summed E-state index contributed by atoms with van der Waals surface area (Å²) in [5, 5.41) is 13.6. The van der Waals surface area contributed by atoms with Gasteiger partial charge in [0.05, 0.1) is 11.3 Å². The number of anilines is 1. The second kappa shape index (κ2) is 5.63. The molecule has 1 aromatic heterocycles. The largest absolute Gasteiger partial charge is 0.461 e. The molecule has 1 heterocycles. The summed E-state index contributed by atoms with van der Waals surface area (Å²) in [6, 6.07) is 15.8. The summed E-state index contributed by atoms with van der Waals surface area (Å²) in [6.45, 7) is 2.59. The normalized spacial score (nSPS) is 10.5. The van der Waals surface area contributed by atoms with Gasteiger partial charge in [0.15, 0.2) is 0 Å². The number of hydrogen-bond acceptors (Lipinski definition) is 3. The summed E-state index contributed by atoms with van der Waals surface area (Å²) in [4.78, 5) is 0. The highest BCUT2D eigenvalue weighted by atomic mass is 79.9. The van der Waals surface area contributed by atoms with Crippen molar-refractivity contribution in [2.75, 3.05) is 5.32 Å². The summed E-state index contributed by atoms with van der Waals surface area (Å²) < 4.78 is 6.65. The standard InChI is InChI=1S/C17H13BrN2O/c1-11-15(14-4-2-3-5-17(14)21-11)10-20-16-7-6-13(18)8-12(16)9-19/h2-8,20H,10H2,1H3. The quantitative estimate of drug-likeness (QED) is 0.730. The Morgan fingerprint density at radius 2 is 2.05 bits per heavy atom. The molecule has 0 atom stereocenters. The zero-order valence-corrected chi connectivity index (χ0v) is 13.1. The number of aryl methyl sites for hydroxylation is 1. The van der Waals surface area contributed by atoms with E-state index in [2.05, 4.69) is 33.4 Å². The first-order valence-corrected chi connectivity index (χ1v) is 7.39. The Hall–Kier alpha value is -2.25. The predicted octanol–water partition coefficient (Wildman–Crippen LogP) is 4.99. The number of furan rings is 1. The first-order valence-electron chi connectivity index (χ1n) is 6.59. The molecule has 1 N–H and O–H groups in total. The van der Waals surface area contributed by atoms with E-state index >= 15 is 0 Å². The van der Waals surface area contributed by atoms with Gasteiger partial charge in [-0.05, 0) is 31.2 Å². The van der Waals surface area contributed by atoms with E-state index in [-0.39, 0.29) is 0 Å². The van der Waals surface area contributed by atoms with E-state index in [1.165, 1.54) is 0 Å². The fraction of sp³-hybridized carbons (Fsp3) is 0.118. The van der Waals surface area contributed by atoms with Gasteiger partial charge < -0.3 is 9.73 Å². The molecule has 0 unspecified atom stereocenters. The van der Waals surface area contributed by atoms with Crippen LogP contribution in [0.3, 0.4) is 0 Å². The fourth-order valence-electron chi connectivity index (χ4n) is 2.39. The van der Waals surface area contributed by atoms with Crippen molar-refractivity contribution in [3.63, 3.8) is 0 Å². The highest BCUT2D eigenvalue weighted by Gasteiger charge is 2.11. The Bertz CT molecular complexity index is 846. The smallest absolute Gasteiger partial charge is 0.134 e. The van der Waals surface area contributed by atoms with Gasteiger partial charge in [-0.3, -0.25) is 0 Å². The summed E-state index contributed by atoms with van der Waals surface area (Å²) in [7, 11) is 0. The van der Waals surface area contributed by atoms with E-state index in [0.717, 1.165) is 32.5 Å². The molecule has 104 valence electrons. The highest BCUT2D eigenvalue weighted by molar-refractivity contribution is 9.10. The van der Waals surface area contributed by atoms with Crippen LogP contribution in [0.4, 0.5) is 5.69 Å².